The van der Waals surface area contributed by atoms with Crippen molar-refractivity contribution in [2.75, 3.05) is 27.7 Å². The lowest BCUT2D eigenvalue weighted by atomic mass is 9.80. The number of carbonyl (C=O) groups is 1. The van der Waals surface area contributed by atoms with Gasteiger partial charge in [0.2, 0.25) is 0 Å². The van der Waals surface area contributed by atoms with Crippen molar-refractivity contribution in [2.45, 2.75) is 58.3 Å². The van der Waals surface area contributed by atoms with E-state index in [1.54, 1.807) is 7.11 Å². The number of para-hydroxylation sites is 1. The van der Waals surface area contributed by atoms with E-state index >= 15 is 0 Å². The van der Waals surface area contributed by atoms with E-state index in [1.807, 2.05) is 18.2 Å². The van der Waals surface area contributed by atoms with Gasteiger partial charge < -0.3 is 9.64 Å². The largest absolute Gasteiger partial charge is 0.496 e. The molecule has 0 amide bonds. The third kappa shape index (κ3) is 6.43. The molecule has 168 valence electrons. The molecule has 3 nitrogen and oxygen atoms in total. The predicted molar refractivity (Wildman–Crippen MR) is 130 cm³/mol. The summed E-state index contributed by atoms with van der Waals surface area (Å²) in [6, 6.07) is 14.4. The summed E-state index contributed by atoms with van der Waals surface area (Å²) in [6.07, 6.45) is 9.48. The summed E-state index contributed by atoms with van der Waals surface area (Å²) < 4.78 is 5.72. The van der Waals surface area contributed by atoms with Crippen molar-refractivity contribution < 1.29 is 9.53 Å². The maximum atomic E-state index is 13.3. The Morgan fingerprint density at radius 2 is 1.84 bits per heavy atom. The topological polar surface area (TPSA) is 29.5 Å². The summed E-state index contributed by atoms with van der Waals surface area (Å²) in [5.41, 5.74) is 4.11. The van der Waals surface area contributed by atoms with Crippen molar-refractivity contribution in [2.24, 2.45) is 11.8 Å². The van der Waals surface area contributed by atoms with Crippen molar-refractivity contribution in [1.82, 2.24) is 4.90 Å². The van der Waals surface area contributed by atoms with Crippen LogP contribution in [-0.2, 0) is 6.42 Å². The molecule has 0 spiro atoms. The molecule has 1 aliphatic carbocycles. The molecule has 1 aliphatic rings. The van der Waals surface area contributed by atoms with E-state index in [-0.39, 0.29) is 5.78 Å². The lowest BCUT2D eigenvalue weighted by Gasteiger charge is -2.28. The summed E-state index contributed by atoms with van der Waals surface area (Å²) in [4.78, 5) is 15.5. The molecule has 31 heavy (non-hydrogen) atoms. The van der Waals surface area contributed by atoms with E-state index in [2.05, 4.69) is 50.2 Å². The van der Waals surface area contributed by atoms with Gasteiger partial charge in [0, 0.05) is 24.1 Å². The molecule has 2 aromatic carbocycles. The quantitative estimate of drug-likeness (QED) is 0.402. The fraction of sp³-hybridized carbons (Fsp3) is 0.536. The molecule has 0 unspecified atom stereocenters. The van der Waals surface area contributed by atoms with Crippen LogP contribution in [0.15, 0.2) is 42.5 Å². The second-order valence-electron chi connectivity index (χ2n) is 9.43. The number of ketones is 1. The third-order valence-corrected chi connectivity index (χ3v) is 6.67. The zero-order valence-corrected chi connectivity index (χ0v) is 19.8. The number of methoxy groups -OCH3 is 1. The number of ether oxygens (including phenoxy) is 1. The van der Waals surface area contributed by atoms with Crippen LogP contribution in [0.3, 0.4) is 0 Å². The van der Waals surface area contributed by atoms with Crippen LogP contribution in [0.1, 0.15) is 67.8 Å². The highest BCUT2D eigenvalue weighted by atomic mass is 16.5. The van der Waals surface area contributed by atoms with Crippen molar-refractivity contribution >= 4 is 5.78 Å². The Morgan fingerprint density at radius 3 is 2.52 bits per heavy atom. The zero-order chi connectivity index (χ0) is 22.2. The molecule has 1 saturated carbocycles. The predicted octanol–water partition coefficient (Wildman–Crippen LogP) is 6.65. The van der Waals surface area contributed by atoms with Gasteiger partial charge in [0.05, 0.1) is 7.11 Å². The highest BCUT2D eigenvalue weighted by Gasteiger charge is 2.22. The van der Waals surface area contributed by atoms with Gasteiger partial charge in [-0.05, 0) is 56.0 Å². The Bertz CT molecular complexity index is 852. The van der Waals surface area contributed by atoms with E-state index < -0.39 is 0 Å². The number of hydrogen-bond acceptors (Lipinski definition) is 3. The van der Waals surface area contributed by atoms with Gasteiger partial charge >= 0.3 is 0 Å². The van der Waals surface area contributed by atoms with E-state index in [0.717, 1.165) is 41.3 Å². The number of rotatable bonds is 10. The maximum Gasteiger partial charge on any atom is 0.163 e. The summed E-state index contributed by atoms with van der Waals surface area (Å²) in [7, 11) is 5.96. The van der Waals surface area contributed by atoms with Gasteiger partial charge in [-0.15, -0.1) is 0 Å². The molecule has 1 atom stereocenters. The molecule has 1 fully saturated rings. The van der Waals surface area contributed by atoms with Gasteiger partial charge in [0.25, 0.3) is 0 Å². The van der Waals surface area contributed by atoms with Gasteiger partial charge in [-0.1, -0.05) is 75.4 Å². The van der Waals surface area contributed by atoms with Crippen molar-refractivity contribution in [3.8, 4) is 16.9 Å². The highest BCUT2D eigenvalue weighted by molar-refractivity contribution is 5.97. The fourth-order valence-electron chi connectivity index (χ4n) is 5.20. The molecule has 0 heterocycles. The van der Waals surface area contributed by atoms with Crippen LogP contribution in [0, 0.1) is 11.8 Å². The lowest BCUT2D eigenvalue weighted by molar-refractivity contribution is 0.0940. The first-order valence-electron chi connectivity index (χ1n) is 12.0. The summed E-state index contributed by atoms with van der Waals surface area (Å²) in [5.74, 6) is 2.39. The zero-order valence-electron chi connectivity index (χ0n) is 19.8. The second-order valence-corrected chi connectivity index (χ2v) is 9.43. The number of carbonyl (C=O) groups excluding carboxylic acids is 1. The Kier molecular flexibility index (Phi) is 8.71. The van der Waals surface area contributed by atoms with Gasteiger partial charge in [0.1, 0.15) is 5.75 Å². The number of Topliss-reactive ketones (excluding diaryl/α,β-unsaturated/α-hetero) is 1. The summed E-state index contributed by atoms with van der Waals surface area (Å²) in [5, 5.41) is 0. The van der Waals surface area contributed by atoms with E-state index in [9.17, 15) is 4.79 Å². The fourth-order valence-corrected chi connectivity index (χ4v) is 5.20. The first-order valence-corrected chi connectivity index (χ1v) is 12.0. The monoisotopic (exact) mass is 421 g/mol. The van der Waals surface area contributed by atoms with Crippen LogP contribution >= 0.6 is 0 Å². The van der Waals surface area contributed by atoms with Gasteiger partial charge in [-0.2, -0.15) is 0 Å². The van der Waals surface area contributed by atoms with Gasteiger partial charge in [-0.3, -0.25) is 4.79 Å². The van der Waals surface area contributed by atoms with Crippen molar-refractivity contribution in [3.63, 3.8) is 0 Å². The number of nitrogens with zero attached hydrogens (tertiary/aromatic N) is 1. The van der Waals surface area contributed by atoms with Crippen LogP contribution in [-0.4, -0.2) is 38.4 Å². The summed E-state index contributed by atoms with van der Waals surface area (Å²) in [6.45, 7) is 3.12. The first-order chi connectivity index (χ1) is 15.0. The third-order valence-electron chi connectivity index (χ3n) is 6.67. The molecule has 2 aromatic rings. The molecule has 0 saturated heterocycles. The van der Waals surface area contributed by atoms with E-state index in [1.165, 1.54) is 44.1 Å². The Morgan fingerprint density at radius 1 is 1.10 bits per heavy atom. The summed E-state index contributed by atoms with van der Waals surface area (Å²) >= 11 is 0. The molecule has 0 aliphatic heterocycles. The Hall–Kier alpha value is -2.13. The highest BCUT2D eigenvalue weighted by Crippen LogP contribution is 2.35. The average molecular weight is 422 g/mol. The lowest BCUT2D eigenvalue weighted by Crippen LogP contribution is -2.26. The number of hydrogen-bond donors (Lipinski definition) is 0. The normalized spacial score (nSPS) is 15.8. The molecule has 0 aromatic heterocycles. The maximum absolute atomic E-state index is 13.3. The van der Waals surface area contributed by atoms with Crippen LogP contribution < -0.4 is 4.74 Å². The minimum absolute atomic E-state index is 0.259. The molecule has 0 bridgehead atoms. The smallest absolute Gasteiger partial charge is 0.163 e. The second kappa shape index (κ2) is 11.5. The SMILES string of the molecule is CCc1cccc(-c2cccc(C(=O)C[C@H](CC3CCCCC3)CN(C)C)c2)c1OC. The molecule has 0 radical (unpaired) electrons. The van der Waals surface area contributed by atoms with E-state index in [0.29, 0.717) is 12.3 Å². The van der Waals surface area contributed by atoms with Gasteiger partial charge in [0.15, 0.2) is 5.78 Å². The molecular formula is C28H39NO2. The average Bonchev–Trinajstić information content (AvgIpc) is 2.78. The molecule has 3 rings (SSSR count). The van der Waals surface area contributed by atoms with E-state index in [4.69, 9.17) is 4.74 Å². The van der Waals surface area contributed by atoms with Crippen LogP contribution in [0.4, 0.5) is 0 Å². The van der Waals surface area contributed by atoms with Crippen molar-refractivity contribution in [3.05, 3.63) is 53.6 Å². The Labute approximate surface area is 188 Å². The minimum atomic E-state index is 0.259. The number of benzene rings is 2. The van der Waals surface area contributed by atoms with Crippen LogP contribution in [0.25, 0.3) is 11.1 Å². The standard InChI is InChI=1S/C28H39NO2/c1-5-23-13-10-16-26(28(23)31-4)24-14-9-15-25(19-24)27(30)18-22(20-29(2)3)17-21-11-7-6-8-12-21/h9-10,13-16,19,21-22H,5-8,11-12,17-18,20H2,1-4H3/t22-/m0/s1. The first kappa shape index (κ1) is 23.5. The van der Waals surface area contributed by atoms with Crippen molar-refractivity contribution in [1.29, 1.82) is 0 Å². The number of aryl methyl sites for hydroxylation is 1. The molecular weight excluding hydrogens is 382 g/mol. The molecule has 0 N–H and O–H groups in total. The van der Waals surface area contributed by atoms with Gasteiger partial charge in [-0.25, -0.2) is 0 Å². The Balaban J connectivity index is 1.78. The minimum Gasteiger partial charge on any atom is -0.496 e. The van der Waals surface area contributed by atoms with Crippen LogP contribution in [0.5, 0.6) is 5.75 Å². The molecule has 3 heteroatoms. The van der Waals surface area contributed by atoms with Crippen LogP contribution in [0.2, 0.25) is 0 Å².